The fraction of sp³-hybridized carbons (Fsp3) is 0.417. The zero-order chi connectivity index (χ0) is 12.0. The monoisotopic (exact) mass is 235 g/mol. The molecular weight excluding hydrogens is 222 g/mol. The Morgan fingerprint density at radius 2 is 2.06 bits per heavy atom. The lowest BCUT2D eigenvalue weighted by atomic mass is 10.1. The number of anilines is 1. The second-order valence-electron chi connectivity index (χ2n) is 4.47. The van der Waals surface area contributed by atoms with Gasteiger partial charge in [0, 0.05) is 5.69 Å². The number of fused-ring (bicyclic) bond motifs is 2. The third-order valence-corrected chi connectivity index (χ3v) is 3.45. The molecule has 5 heteroatoms. The maximum absolute atomic E-state index is 11.3. The van der Waals surface area contributed by atoms with Crippen LogP contribution >= 0.6 is 0 Å². The van der Waals surface area contributed by atoms with E-state index in [1.54, 1.807) is 24.3 Å². The number of hydrogen-bond donors (Lipinski definition) is 2. The van der Waals surface area contributed by atoms with Gasteiger partial charge in [-0.2, -0.15) is 0 Å². The molecule has 3 atom stereocenters. The highest BCUT2D eigenvalue weighted by Gasteiger charge is 2.50. The van der Waals surface area contributed by atoms with Crippen LogP contribution in [0.2, 0.25) is 0 Å². The van der Waals surface area contributed by atoms with Crippen LogP contribution in [0.4, 0.5) is 5.69 Å². The summed E-state index contributed by atoms with van der Waals surface area (Å²) in [5, 5.41) is 18.5. The van der Waals surface area contributed by atoms with Gasteiger partial charge in [0.05, 0.1) is 18.8 Å². The SMILES string of the molecule is O=C(O)C1C2CC(CO2)N1c1ccc(O)cc1. The molecule has 2 bridgehead atoms. The molecule has 2 aliphatic heterocycles. The van der Waals surface area contributed by atoms with E-state index in [9.17, 15) is 15.0 Å². The molecular formula is C12H13NO4. The molecule has 3 rings (SSSR count). The summed E-state index contributed by atoms with van der Waals surface area (Å²) in [4.78, 5) is 13.2. The quantitative estimate of drug-likeness (QED) is 0.794. The van der Waals surface area contributed by atoms with E-state index >= 15 is 0 Å². The van der Waals surface area contributed by atoms with Crippen molar-refractivity contribution in [3.63, 3.8) is 0 Å². The maximum atomic E-state index is 11.3. The van der Waals surface area contributed by atoms with Crippen molar-refractivity contribution in [1.82, 2.24) is 0 Å². The van der Waals surface area contributed by atoms with E-state index in [-0.39, 0.29) is 17.9 Å². The molecule has 2 aliphatic rings. The molecule has 0 aromatic heterocycles. The van der Waals surface area contributed by atoms with Crippen molar-refractivity contribution in [2.75, 3.05) is 11.5 Å². The molecule has 1 aromatic rings. The normalized spacial score (nSPS) is 30.8. The van der Waals surface area contributed by atoms with Crippen LogP contribution in [-0.2, 0) is 9.53 Å². The molecule has 17 heavy (non-hydrogen) atoms. The Bertz CT molecular complexity index is 444. The highest BCUT2D eigenvalue weighted by atomic mass is 16.5. The number of morpholine rings is 1. The third-order valence-electron chi connectivity index (χ3n) is 3.45. The van der Waals surface area contributed by atoms with Gasteiger partial charge in [0.1, 0.15) is 5.75 Å². The first-order valence-electron chi connectivity index (χ1n) is 5.58. The standard InChI is InChI=1S/C12H13NO4/c14-9-3-1-7(2-4-9)13-8-5-10(17-6-8)11(13)12(15)16/h1-4,8,10-11,14H,5-6H2,(H,15,16). The van der Waals surface area contributed by atoms with Crippen molar-refractivity contribution in [1.29, 1.82) is 0 Å². The first-order chi connectivity index (χ1) is 8.16. The van der Waals surface area contributed by atoms with Crippen molar-refractivity contribution < 1.29 is 19.7 Å². The van der Waals surface area contributed by atoms with Gasteiger partial charge in [-0.3, -0.25) is 0 Å². The Labute approximate surface area is 98.2 Å². The second-order valence-corrected chi connectivity index (χ2v) is 4.47. The summed E-state index contributed by atoms with van der Waals surface area (Å²) < 4.78 is 5.43. The van der Waals surface area contributed by atoms with E-state index in [2.05, 4.69) is 0 Å². The summed E-state index contributed by atoms with van der Waals surface area (Å²) in [6.45, 7) is 0.579. The molecule has 2 N–H and O–H groups in total. The number of phenolic OH excluding ortho intramolecular Hbond substituents is 1. The number of nitrogens with zero attached hydrogens (tertiary/aromatic N) is 1. The predicted molar refractivity (Wildman–Crippen MR) is 60.2 cm³/mol. The molecule has 2 fully saturated rings. The number of carboxylic acid groups (broad SMARTS) is 1. The molecule has 5 nitrogen and oxygen atoms in total. The Morgan fingerprint density at radius 3 is 2.71 bits per heavy atom. The number of ether oxygens (including phenoxy) is 1. The van der Waals surface area contributed by atoms with E-state index in [1.165, 1.54) is 0 Å². The summed E-state index contributed by atoms with van der Waals surface area (Å²) in [6, 6.07) is 6.14. The van der Waals surface area contributed by atoms with Crippen LogP contribution in [0.15, 0.2) is 24.3 Å². The number of aliphatic carboxylic acids is 1. The number of rotatable bonds is 2. The first kappa shape index (κ1) is 10.4. The zero-order valence-electron chi connectivity index (χ0n) is 9.11. The fourth-order valence-electron chi connectivity index (χ4n) is 2.73. The Kier molecular flexibility index (Phi) is 2.22. The topological polar surface area (TPSA) is 70.0 Å². The molecule has 2 heterocycles. The molecule has 3 unspecified atom stereocenters. The third kappa shape index (κ3) is 1.54. The minimum Gasteiger partial charge on any atom is -0.508 e. The van der Waals surface area contributed by atoms with E-state index in [0.717, 1.165) is 12.1 Å². The van der Waals surface area contributed by atoms with Crippen molar-refractivity contribution in [3.05, 3.63) is 24.3 Å². The molecule has 0 amide bonds. The zero-order valence-corrected chi connectivity index (χ0v) is 9.11. The largest absolute Gasteiger partial charge is 0.508 e. The van der Waals surface area contributed by atoms with Crippen LogP contribution in [0, 0.1) is 0 Å². The summed E-state index contributed by atoms with van der Waals surface area (Å²) in [5.41, 5.74) is 0.825. The van der Waals surface area contributed by atoms with Gasteiger partial charge < -0.3 is 19.8 Å². The number of phenols is 1. The van der Waals surface area contributed by atoms with Gasteiger partial charge in [0.2, 0.25) is 0 Å². The molecule has 0 aliphatic carbocycles. The maximum Gasteiger partial charge on any atom is 0.329 e. The minimum absolute atomic E-state index is 0.130. The van der Waals surface area contributed by atoms with Gasteiger partial charge in [0.25, 0.3) is 0 Å². The minimum atomic E-state index is -0.856. The molecule has 0 saturated carbocycles. The lowest BCUT2D eigenvalue weighted by Crippen LogP contribution is -2.50. The molecule has 2 saturated heterocycles. The highest BCUT2D eigenvalue weighted by Crippen LogP contribution is 2.37. The summed E-state index contributed by atoms with van der Waals surface area (Å²) >= 11 is 0. The highest BCUT2D eigenvalue weighted by molar-refractivity contribution is 5.81. The second kappa shape index (κ2) is 3.63. The van der Waals surface area contributed by atoms with Gasteiger partial charge in [-0.05, 0) is 30.7 Å². The first-order valence-corrected chi connectivity index (χ1v) is 5.58. The summed E-state index contributed by atoms with van der Waals surface area (Å²) in [6.07, 6.45) is 0.545. The Morgan fingerprint density at radius 1 is 1.35 bits per heavy atom. The van der Waals surface area contributed by atoms with Gasteiger partial charge in [-0.1, -0.05) is 0 Å². The molecule has 0 spiro atoms. The van der Waals surface area contributed by atoms with Gasteiger partial charge >= 0.3 is 5.97 Å². The lowest BCUT2D eigenvalue weighted by Gasteiger charge is -2.34. The van der Waals surface area contributed by atoms with Crippen LogP contribution in [-0.4, -0.2) is 41.0 Å². The van der Waals surface area contributed by atoms with Gasteiger partial charge in [-0.25, -0.2) is 4.79 Å². The van der Waals surface area contributed by atoms with Crippen LogP contribution in [0.25, 0.3) is 0 Å². The molecule has 0 radical (unpaired) electrons. The smallest absolute Gasteiger partial charge is 0.329 e. The summed E-state index contributed by atoms with van der Waals surface area (Å²) in [7, 11) is 0. The van der Waals surface area contributed by atoms with Crippen molar-refractivity contribution in [2.24, 2.45) is 0 Å². The van der Waals surface area contributed by atoms with Gasteiger partial charge in [-0.15, -0.1) is 0 Å². The van der Waals surface area contributed by atoms with Gasteiger partial charge in [0.15, 0.2) is 6.04 Å². The number of hydrogen-bond acceptors (Lipinski definition) is 4. The van der Waals surface area contributed by atoms with Crippen molar-refractivity contribution in [3.8, 4) is 5.75 Å². The van der Waals surface area contributed by atoms with Crippen LogP contribution in [0.5, 0.6) is 5.75 Å². The van der Waals surface area contributed by atoms with Crippen molar-refractivity contribution >= 4 is 11.7 Å². The number of carbonyl (C=O) groups is 1. The number of benzene rings is 1. The van der Waals surface area contributed by atoms with Crippen LogP contribution < -0.4 is 4.90 Å². The lowest BCUT2D eigenvalue weighted by molar-refractivity contribution is -0.141. The van der Waals surface area contributed by atoms with E-state index in [4.69, 9.17) is 4.74 Å². The van der Waals surface area contributed by atoms with E-state index < -0.39 is 12.0 Å². The van der Waals surface area contributed by atoms with Crippen LogP contribution in [0.1, 0.15) is 6.42 Å². The van der Waals surface area contributed by atoms with Crippen molar-refractivity contribution in [2.45, 2.75) is 24.6 Å². The predicted octanol–water partition coefficient (Wildman–Crippen LogP) is 0.823. The number of aromatic hydroxyl groups is 1. The molecule has 90 valence electrons. The van der Waals surface area contributed by atoms with E-state index in [1.807, 2.05) is 4.90 Å². The fourth-order valence-corrected chi connectivity index (χ4v) is 2.73. The average Bonchev–Trinajstić information content (AvgIpc) is 2.89. The van der Waals surface area contributed by atoms with Crippen LogP contribution in [0.3, 0.4) is 0 Å². The average molecular weight is 235 g/mol. The van der Waals surface area contributed by atoms with E-state index in [0.29, 0.717) is 6.61 Å². The number of carboxylic acids is 1. The molecule has 1 aromatic carbocycles. The Hall–Kier alpha value is -1.75. The summed E-state index contributed by atoms with van der Waals surface area (Å²) in [5.74, 6) is -0.675. The Balaban J connectivity index is 1.95.